The molecule has 2 N–H and O–H groups in total. The molecule has 10 heteroatoms. The van der Waals surface area contributed by atoms with E-state index in [0.29, 0.717) is 43.4 Å². The number of morpholine rings is 1. The van der Waals surface area contributed by atoms with Crippen LogP contribution in [0.2, 0.25) is 0 Å². The maximum atomic E-state index is 13.2. The molecule has 36 heavy (non-hydrogen) atoms. The molecule has 1 fully saturated rings. The monoisotopic (exact) mass is 493 g/mol. The van der Waals surface area contributed by atoms with Crippen molar-refractivity contribution in [3.63, 3.8) is 0 Å². The number of para-hydroxylation sites is 3. The summed E-state index contributed by atoms with van der Waals surface area (Å²) >= 11 is 0. The summed E-state index contributed by atoms with van der Waals surface area (Å²) < 4.78 is 5.28. The molecule has 0 saturated carbocycles. The zero-order chi connectivity index (χ0) is 25.7. The van der Waals surface area contributed by atoms with Crippen molar-refractivity contribution >= 4 is 40.7 Å². The van der Waals surface area contributed by atoms with Crippen LogP contribution < -0.4 is 15.5 Å². The van der Waals surface area contributed by atoms with Crippen LogP contribution >= 0.6 is 0 Å². The molecule has 0 spiro atoms. The summed E-state index contributed by atoms with van der Waals surface area (Å²) in [6.45, 7) is 3.62. The van der Waals surface area contributed by atoms with E-state index in [1.165, 1.54) is 4.90 Å². The molecule has 2 heterocycles. The Balaban J connectivity index is 1.48. The summed E-state index contributed by atoms with van der Waals surface area (Å²) in [5.41, 5.74) is 2.79. The Morgan fingerprint density at radius 1 is 1.08 bits per heavy atom. The second-order valence-corrected chi connectivity index (χ2v) is 8.96. The molecule has 1 unspecified atom stereocenters. The van der Waals surface area contributed by atoms with Crippen LogP contribution in [0.5, 0.6) is 0 Å². The van der Waals surface area contributed by atoms with Crippen molar-refractivity contribution in [2.75, 3.05) is 62.0 Å². The van der Waals surface area contributed by atoms with Crippen molar-refractivity contribution in [2.45, 2.75) is 19.4 Å². The molecule has 0 radical (unpaired) electrons. The molecule has 0 bridgehead atoms. The standard InChI is InChI=1S/C26H31N5O5/c1-18-7-3-4-8-19(18)27-23(32)15-22-26(35)28-20-9-5-6-10-21(20)31(22)17-24(33)29(2)16-25(34)30-11-13-36-14-12-30/h3-10,22H,11-17H2,1-2H3,(H,27,32)(H,28,35). The number of nitrogens with one attached hydrogen (secondary N) is 2. The van der Waals surface area contributed by atoms with Crippen molar-refractivity contribution in [2.24, 2.45) is 0 Å². The Morgan fingerprint density at radius 2 is 1.78 bits per heavy atom. The first-order chi connectivity index (χ1) is 17.3. The van der Waals surface area contributed by atoms with Gasteiger partial charge in [0.15, 0.2) is 0 Å². The van der Waals surface area contributed by atoms with Gasteiger partial charge in [-0.25, -0.2) is 0 Å². The predicted octanol–water partition coefficient (Wildman–Crippen LogP) is 1.47. The summed E-state index contributed by atoms with van der Waals surface area (Å²) in [5, 5.41) is 5.70. The first-order valence-electron chi connectivity index (χ1n) is 11.9. The molecular formula is C26H31N5O5. The quantitative estimate of drug-likeness (QED) is 0.604. The van der Waals surface area contributed by atoms with E-state index in [9.17, 15) is 19.2 Å². The van der Waals surface area contributed by atoms with Gasteiger partial charge in [0.1, 0.15) is 6.04 Å². The Hall–Kier alpha value is -3.92. The van der Waals surface area contributed by atoms with Crippen LogP contribution in [0.15, 0.2) is 48.5 Å². The summed E-state index contributed by atoms with van der Waals surface area (Å²) in [7, 11) is 1.57. The van der Waals surface area contributed by atoms with Gasteiger partial charge in [0.25, 0.3) is 0 Å². The number of likely N-dealkylation sites (N-methyl/N-ethyl adjacent to an activating group) is 1. The number of nitrogens with zero attached hydrogens (tertiary/aromatic N) is 3. The van der Waals surface area contributed by atoms with Gasteiger partial charge < -0.3 is 30.1 Å². The minimum absolute atomic E-state index is 0.0705. The zero-order valence-electron chi connectivity index (χ0n) is 20.5. The third-order valence-electron chi connectivity index (χ3n) is 6.42. The largest absolute Gasteiger partial charge is 0.378 e. The predicted molar refractivity (Wildman–Crippen MR) is 136 cm³/mol. The van der Waals surface area contributed by atoms with Gasteiger partial charge in [0.05, 0.1) is 44.1 Å². The number of amides is 4. The molecule has 0 aliphatic carbocycles. The molecule has 0 aromatic heterocycles. The zero-order valence-corrected chi connectivity index (χ0v) is 20.5. The van der Waals surface area contributed by atoms with E-state index in [2.05, 4.69) is 10.6 Å². The van der Waals surface area contributed by atoms with Gasteiger partial charge in [-0.3, -0.25) is 19.2 Å². The number of rotatable bonds is 7. The number of carbonyl (C=O) groups is 4. The number of carbonyl (C=O) groups excluding carboxylic acids is 4. The highest BCUT2D eigenvalue weighted by molar-refractivity contribution is 6.07. The smallest absolute Gasteiger partial charge is 0.247 e. The van der Waals surface area contributed by atoms with E-state index < -0.39 is 6.04 Å². The third-order valence-corrected chi connectivity index (χ3v) is 6.42. The number of ether oxygens (including phenoxy) is 1. The Bertz CT molecular complexity index is 1150. The van der Waals surface area contributed by atoms with Crippen LogP contribution in [0.25, 0.3) is 0 Å². The summed E-state index contributed by atoms with van der Waals surface area (Å²) in [6.07, 6.45) is -0.141. The molecular weight excluding hydrogens is 462 g/mol. The van der Waals surface area contributed by atoms with Crippen LogP contribution in [-0.2, 0) is 23.9 Å². The van der Waals surface area contributed by atoms with E-state index in [-0.39, 0.29) is 43.1 Å². The fraction of sp³-hybridized carbons (Fsp3) is 0.385. The lowest BCUT2D eigenvalue weighted by molar-refractivity contribution is -0.141. The van der Waals surface area contributed by atoms with Crippen LogP contribution in [-0.4, -0.2) is 85.9 Å². The SMILES string of the molecule is Cc1ccccc1NC(=O)CC1C(=O)Nc2ccccc2N1CC(=O)N(C)CC(=O)N1CCOCC1. The lowest BCUT2D eigenvalue weighted by Gasteiger charge is -2.38. The van der Waals surface area contributed by atoms with Crippen LogP contribution in [0, 0.1) is 6.92 Å². The van der Waals surface area contributed by atoms with E-state index in [1.807, 2.05) is 31.2 Å². The highest BCUT2D eigenvalue weighted by Crippen LogP contribution is 2.33. The lowest BCUT2D eigenvalue weighted by Crippen LogP contribution is -2.54. The highest BCUT2D eigenvalue weighted by Gasteiger charge is 2.36. The van der Waals surface area contributed by atoms with Gasteiger partial charge in [0.2, 0.25) is 23.6 Å². The molecule has 2 aromatic carbocycles. The van der Waals surface area contributed by atoms with Gasteiger partial charge in [0, 0.05) is 25.8 Å². The van der Waals surface area contributed by atoms with E-state index in [4.69, 9.17) is 4.74 Å². The maximum absolute atomic E-state index is 13.2. The first kappa shape index (κ1) is 25.2. The van der Waals surface area contributed by atoms with Crippen molar-refractivity contribution in [3.05, 3.63) is 54.1 Å². The maximum Gasteiger partial charge on any atom is 0.247 e. The minimum atomic E-state index is -0.892. The van der Waals surface area contributed by atoms with Gasteiger partial charge in [-0.2, -0.15) is 0 Å². The van der Waals surface area contributed by atoms with Crippen molar-refractivity contribution in [3.8, 4) is 0 Å². The average Bonchev–Trinajstić information content (AvgIpc) is 2.87. The van der Waals surface area contributed by atoms with Crippen molar-refractivity contribution in [1.82, 2.24) is 9.80 Å². The topological polar surface area (TPSA) is 111 Å². The van der Waals surface area contributed by atoms with Crippen LogP contribution in [0.4, 0.5) is 17.1 Å². The molecule has 2 aliphatic heterocycles. The van der Waals surface area contributed by atoms with Crippen molar-refractivity contribution in [1.29, 1.82) is 0 Å². The number of benzene rings is 2. The van der Waals surface area contributed by atoms with Gasteiger partial charge in [-0.1, -0.05) is 30.3 Å². The minimum Gasteiger partial charge on any atom is -0.378 e. The number of anilines is 3. The third kappa shape index (κ3) is 5.83. The Kier molecular flexibility index (Phi) is 7.84. The molecule has 1 saturated heterocycles. The molecule has 190 valence electrons. The first-order valence-corrected chi connectivity index (χ1v) is 11.9. The second-order valence-electron chi connectivity index (χ2n) is 8.96. The lowest BCUT2D eigenvalue weighted by atomic mass is 10.0. The van der Waals surface area contributed by atoms with Gasteiger partial charge in [-0.05, 0) is 30.7 Å². The molecule has 1 atom stereocenters. The molecule has 2 aliphatic rings. The second kappa shape index (κ2) is 11.2. The molecule has 4 amide bonds. The molecule has 4 rings (SSSR count). The fourth-order valence-corrected chi connectivity index (χ4v) is 4.31. The molecule has 10 nitrogen and oxygen atoms in total. The molecule has 2 aromatic rings. The summed E-state index contributed by atoms with van der Waals surface area (Å²) in [4.78, 5) is 56.4. The number of hydrogen-bond acceptors (Lipinski definition) is 6. The number of fused-ring (bicyclic) bond motifs is 1. The van der Waals surface area contributed by atoms with Gasteiger partial charge >= 0.3 is 0 Å². The Labute approximate surface area is 210 Å². The van der Waals surface area contributed by atoms with Crippen LogP contribution in [0.3, 0.4) is 0 Å². The summed E-state index contributed by atoms with van der Waals surface area (Å²) in [5.74, 6) is -1.18. The number of hydrogen-bond donors (Lipinski definition) is 2. The van der Waals surface area contributed by atoms with Gasteiger partial charge in [-0.15, -0.1) is 0 Å². The normalized spacial score (nSPS) is 17.2. The van der Waals surface area contributed by atoms with Crippen molar-refractivity contribution < 1.29 is 23.9 Å². The highest BCUT2D eigenvalue weighted by atomic mass is 16.5. The number of aryl methyl sites for hydroxylation is 1. The fourth-order valence-electron chi connectivity index (χ4n) is 4.31. The Morgan fingerprint density at radius 3 is 2.53 bits per heavy atom. The van der Waals surface area contributed by atoms with E-state index in [0.717, 1.165) is 5.56 Å². The average molecular weight is 494 g/mol. The van der Waals surface area contributed by atoms with E-state index in [1.54, 1.807) is 41.1 Å². The van der Waals surface area contributed by atoms with Crippen LogP contribution in [0.1, 0.15) is 12.0 Å². The summed E-state index contributed by atoms with van der Waals surface area (Å²) in [6, 6.07) is 13.6. The van der Waals surface area contributed by atoms with E-state index >= 15 is 0 Å².